The van der Waals surface area contributed by atoms with Crippen molar-refractivity contribution < 1.29 is 19.0 Å². The van der Waals surface area contributed by atoms with Crippen LogP contribution in [0.2, 0.25) is 0 Å². The Bertz CT molecular complexity index is 1120. The molecule has 1 atom stereocenters. The minimum Gasteiger partial charge on any atom is -0.454 e. The number of thioether (sulfide) groups is 1. The number of anilines is 1. The summed E-state index contributed by atoms with van der Waals surface area (Å²) in [6.45, 7) is 1.67. The number of aromatic nitrogens is 3. The van der Waals surface area contributed by atoms with Crippen molar-refractivity contribution in [3.05, 3.63) is 48.0 Å². The summed E-state index contributed by atoms with van der Waals surface area (Å²) < 4.78 is 17.2. The molecule has 0 aliphatic carbocycles. The van der Waals surface area contributed by atoms with E-state index < -0.39 is 6.23 Å². The van der Waals surface area contributed by atoms with Crippen LogP contribution in [-0.2, 0) is 4.79 Å². The number of rotatable bonds is 2. The van der Waals surface area contributed by atoms with Crippen LogP contribution in [0.4, 0.5) is 5.69 Å². The molecule has 0 unspecified atom stereocenters. The summed E-state index contributed by atoms with van der Waals surface area (Å²) in [5.74, 6) is 1.42. The minimum atomic E-state index is -0.754. The molecule has 2 aliphatic heterocycles. The Morgan fingerprint density at radius 3 is 2.79 bits per heavy atom. The lowest BCUT2D eigenvalue weighted by molar-refractivity contribution is -0.118. The van der Waals surface area contributed by atoms with Gasteiger partial charge >= 0.3 is 0 Å². The first-order chi connectivity index (χ1) is 14.2. The quantitative estimate of drug-likeness (QED) is 0.596. The third kappa shape index (κ3) is 2.94. The molecule has 1 aromatic heterocycles. The fourth-order valence-electron chi connectivity index (χ4n) is 3.42. The summed E-state index contributed by atoms with van der Waals surface area (Å²) >= 11 is 1.37. The maximum Gasteiger partial charge on any atom is 0.247 e. The Balaban J connectivity index is 1.72. The van der Waals surface area contributed by atoms with Crippen molar-refractivity contribution in [2.75, 3.05) is 17.9 Å². The first-order valence-electron chi connectivity index (χ1n) is 8.90. The highest BCUT2D eigenvalue weighted by Gasteiger charge is 2.35. The molecule has 146 valence electrons. The number of fused-ring (bicyclic) bond motifs is 4. The number of carbonyl (C=O) groups is 1. The highest BCUT2D eigenvalue weighted by Crippen LogP contribution is 2.44. The van der Waals surface area contributed by atoms with Gasteiger partial charge in [0.25, 0.3) is 0 Å². The number of ether oxygens (including phenoxy) is 3. The second-order valence-corrected chi connectivity index (χ2v) is 7.21. The fourth-order valence-corrected chi connectivity index (χ4v) is 3.72. The highest BCUT2D eigenvalue weighted by atomic mass is 32.2. The Morgan fingerprint density at radius 2 is 1.97 bits per heavy atom. The van der Waals surface area contributed by atoms with E-state index in [-0.39, 0.29) is 12.7 Å². The van der Waals surface area contributed by atoms with E-state index in [2.05, 4.69) is 15.2 Å². The second kappa shape index (κ2) is 6.93. The normalized spacial score (nSPS) is 16.5. The van der Waals surface area contributed by atoms with Gasteiger partial charge in [-0.3, -0.25) is 9.69 Å². The SMILES string of the molecule is CSc1nnc2c(n1)O[C@H](c1ccc3c(c1)OCO3)N(C(C)=O)c1ccccc1-2. The number of para-hydroxylation sites is 1. The Labute approximate surface area is 170 Å². The van der Waals surface area contributed by atoms with Crippen molar-refractivity contribution in [2.24, 2.45) is 0 Å². The monoisotopic (exact) mass is 408 g/mol. The lowest BCUT2D eigenvalue weighted by atomic mass is 10.1. The molecule has 2 aliphatic rings. The van der Waals surface area contributed by atoms with Crippen LogP contribution >= 0.6 is 11.8 Å². The van der Waals surface area contributed by atoms with Crippen molar-refractivity contribution in [3.8, 4) is 28.6 Å². The molecule has 2 aromatic carbocycles. The molecular formula is C20H16N4O4S. The summed E-state index contributed by atoms with van der Waals surface area (Å²) in [6, 6.07) is 13.0. The predicted octanol–water partition coefficient (Wildman–Crippen LogP) is 3.43. The molecule has 1 amide bonds. The Hall–Kier alpha value is -3.33. The molecule has 0 radical (unpaired) electrons. The van der Waals surface area contributed by atoms with Gasteiger partial charge < -0.3 is 14.2 Å². The standard InChI is InChI=1S/C20H16N4O4S/c1-11(25)24-14-6-4-3-5-13(14)17-18(21-20(29-2)23-22-17)28-19(24)12-7-8-15-16(9-12)27-10-26-15/h3-9,19H,10H2,1-2H3/t19-/m1/s1. The van der Waals surface area contributed by atoms with E-state index >= 15 is 0 Å². The predicted molar refractivity (Wildman–Crippen MR) is 106 cm³/mol. The molecular weight excluding hydrogens is 392 g/mol. The van der Waals surface area contributed by atoms with Crippen molar-refractivity contribution in [1.82, 2.24) is 15.2 Å². The van der Waals surface area contributed by atoms with Crippen LogP contribution in [-0.4, -0.2) is 34.1 Å². The summed E-state index contributed by atoms with van der Waals surface area (Å²) in [5.41, 5.74) is 2.63. The van der Waals surface area contributed by atoms with Crippen LogP contribution in [0.5, 0.6) is 17.4 Å². The van der Waals surface area contributed by atoms with Crippen LogP contribution < -0.4 is 19.1 Å². The third-order valence-electron chi connectivity index (χ3n) is 4.72. The molecule has 3 heterocycles. The van der Waals surface area contributed by atoms with Crippen molar-refractivity contribution in [1.29, 1.82) is 0 Å². The first kappa shape index (κ1) is 17.7. The van der Waals surface area contributed by atoms with Crippen LogP contribution in [0.3, 0.4) is 0 Å². The number of carbonyl (C=O) groups excluding carboxylic acids is 1. The molecule has 0 fully saturated rings. The molecule has 0 N–H and O–H groups in total. The molecule has 3 aromatic rings. The van der Waals surface area contributed by atoms with Crippen LogP contribution in [0.25, 0.3) is 11.3 Å². The molecule has 29 heavy (non-hydrogen) atoms. The van der Waals surface area contributed by atoms with E-state index in [0.717, 1.165) is 11.1 Å². The third-order valence-corrected chi connectivity index (χ3v) is 5.25. The largest absolute Gasteiger partial charge is 0.454 e. The molecule has 0 saturated carbocycles. The van der Waals surface area contributed by atoms with Gasteiger partial charge in [0.15, 0.2) is 17.2 Å². The summed E-state index contributed by atoms with van der Waals surface area (Å²) in [4.78, 5) is 18.8. The molecule has 0 spiro atoms. The number of nitrogens with zero attached hydrogens (tertiary/aromatic N) is 4. The maximum absolute atomic E-state index is 12.7. The van der Waals surface area contributed by atoms with E-state index in [1.807, 2.05) is 48.7 Å². The lowest BCUT2D eigenvalue weighted by Gasteiger charge is -2.29. The Morgan fingerprint density at radius 1 is 1.14 bits per heavy atom. The average Bonchev–Trinajstić information content (AvgIpc) is 3.15. The topological polar surface area (TPSA) is 86.7 Å². The second-order valence-electron chi connectivity index (χ2n) is 6.44. The number of amides is 1. The van der Waals surface area contributed by atoms with E-state index in [0.29, 0.717) is 33.9 Å². The van der Waals surface area contributed by atoms with E-state index in [4.69, 9.17) is 14.2 Å². The van der Waals surface area contributed by atoms with Gasteiger partial charge in [-0.15, -0.1) is 10.2 Å². The number of hydrogen-bond acceptors (Lipinski definition) is 8. The maximum atomic E-state index is 12.7. The van der Waals surface area contributed by atoms with Gasteiger partial charge in [-0.2, -0.15) is 4.98 Å². The molecule has 8 nitrogen and oxygen atoms in total. The fraction of sp³-hybridized carbons (Fsp3) is 0.200. The van der Waals surface area contributed by atoms with E-state index in [9.17, 15) is 4.79 Å². The van der Waals surface area contributed by atoms with Crippen LogP contribution in [0.15, 0.2) is 47.6 Å². The molecule has 0 bridgehead atoms. The average molecular weight is 408 g/mol. The smallest absolute Gasteiger partial charge is 0.247 e. The lowest BCUT2D eigenvalue weighted by Crippen LogP contribution is -2.36. The van der Waals surface area contributed by atoms with Gasteiger partial charge in [0.1, 0.15) is 0 Å². The first-order valence-corrected chi connectivity index (χ1v) is 10.1. The Kier molecular flexibility index (Phi) is 4.24. The molecule has 9 heteroatoms. The van der Waals surface area contributed by atoms with E-state index in [1.54, 1.807) is 4.90 Å². The van der Waals surface area contributed by atoms with Crippen LogP contribution in [0, 0.1) is 0 Å². The summed E-state index contributed by atoms with van der Waals surface area (Å²) in [5, 5.41) is 8.97. The van der Waals surface area contributed by atoms with Gasteiger partial charge in [-0.25, -0.2) is 0 Å². The van der Waals surface area contributed by atoms with Crippen molar-refractivity contribution in [2.45, 2.75) is 18.3 Å². The minimum absolute atomic E-state index is 0.167. The summed E-state index contributed by atoms with van der Waals surface area (Å²) in [6.07, 6.45) is 1.11. The highest BCUT2D eigenvalue weighted by molar-refractivity contribution is 7.98. The zero-order valence-electron chi connectivity index (χ0n) is 15.7. The molecule has 0 saturated heterocycles. The van der Waals surface area contributed by atoms with Gasteiger partial charge in [-0.1, -0.05) is 30.0 Å². The van der Waals surface area contributed by atoms with Crippen LogP contribution in [0.1, 0.15) is 18.7 Å². The summed E-state index contributed by atoms with van der Waals surface area (Å²) in [7, 11) is 0. The van der Waals surface area contributed by atoms with E-state index in [1.165, 1.54) is 18.7 Å². The molecule has 5 rings (SSSR count). The van der Waals surface area contributed by atoms with Gasteiger partial charge in [0.05, 0.1) is 5.69 Å². The van der Waals surface area contributed by atoms with Gasteiger partial charge in [0, 0.05) is 18.1 Å². The van der Waals surface area contributed by atoms with Gasteiger partial charge in [0.2, 0.25) is 30.0 Å². The number of hydrogen-bond donors (Lipinski definition) is 0. The number of benzene rings is 2. The zero-order valence-corrected chi connectivity index (χ0v) is 16.5. The van der Waals surface area contributed by atoms with Crippen molar-refractivity contribution in [3.63, 3.8) is 0 Å². The van der Waals surface area contributed by atoms with Crippen molar-refractivity contribution >= 4 is 23.4 Å². The van der Waals surface area contributed by atoms with Gasteiger partial charge in [-0.05, 0) is 30.5 Å². The zero-order chi connectivity index (χ0) is 20.0.